The minimum absolute atomic E-state index is 0.0789. The normalized spacial score (nSPS) is 16.2. The van der Waals surface area contributed by atoms with Crippen LogP contribution in [0.2, 0.25) is 0 Å². The van der Waals surface area contributed by atoms with E-state index in [1.165, 1.54) is 22.5 Å². The van der Waals surface area contributed by atoms with Gasteiger partial charge >= 0.3 is 0 Å². The van der Waals surface area contributed by atoms with Crippen LogP contribution >= 0.6 is 11.3 Å². The lowest BCUT2D eigenvalue weighted by Gasteiger charge is -2.34. The van der Waals surface area contributed by atoms with Crippen molar-refractivity contribution >= 4 is 27.3 Å². The summed E-state index contributed by atoms with van der Waals surface area (Å²) in [7, 11) is -3.89. The van der Waals surface area contributed by atoms with E-state index in [4.69, 9.17) is 0 Å². The van der Waals surface area contributed by atoms with Gasteiger partial charge in [-0.3, -0.25) is 4.79 Å². The standard InChI is InChI=1S/C17H19FN2O3S2/c1-12-11-14(13(2)24-12)17(21)19-7-9-20(10-8-19)25(22,23)16-6-4-3-5-15(16)18/h3-6,11H,7-10H2,1-2H3. The van der Waals surface area contributed by atoms with Crippen molar-refractivity contribution in [3.05, 3.63) is 51.5 Å². The Labute approximate surface area is 150 Å². The lowest BCUT2D eigenvalue weighted by atomic mass is 10.2. The van der Waals surface area contributed by atoms with Gasteiger partial charge in [-0.1, -0.05) is 12.1 Å². The molecule has 0 atom stereocenters. The summed E-state index contributed by atoms with van der Waals surface area (Å²) < 4.78 is 40.3. The number of hydrogen-bond donors (Lipinski definition) is 0. The van der Waals surface area contributed by atoms with Crippen molar-refractivity contribution in [2.75, 3.05) is 26.2 Å². The topological polar surface area (TPSA) is 57.7 Å². The lowest BCUT2D eigenvalue weighted by Crippen LogP contribution is -2.50. The van der Waals surface area contributed by atoms with Crippen LogP contribution < -0.4 is 0 Å². The summed E-state index contributed by atoms with van der Waals surface area (Å²) >= 11 is 1.57. The quantitative estimate of drug-likeness (QED) is 0.820. The molecular formula is C17H19FN2O3S2. The first-order chi connectivity index (χ1) is 11.8. The average Bonchev–Trinajstić information content (AvgIpc) is 2.93. The second-order valence-electron chi connectivity index (χ2n) is 5.95. The molecule has 134 valence electrons. The number of hydrogen-bond acceptors (Lipinski definition) is 4. The summed E-state index contributed by atoms with van der Waals surface area (Å²) in [6.07, 6.45) is 0. The highest BCUT2D eigenvalue weighted by Crippen LogP contribution is 2.24. The fourth-order valence-electron chi connectivity index (χ4n) is 2.94. The van der Waals surface area contributed by atoms with Crippen molar-refractivity contribution in [1.82, 2.24) is 9.21 Å². The van der Waals surface area contributed by atoms with Crippen molar-refractivity contribution in [2.45, 2.75) is 18.7 Å². The molecule has 2 heterocycles. The molecule has 0 saturated carbocycles. The van der Waals surface area contributed by atoms with E-state index in [0.29, 0.717) is 18.7 Å². The molecule has 1 aliphatic rings. The van der Waals surface area contributed by atoms with E-state index in [9.17, 15) is 17.6 Å². The maximum absolute atomic E-state index is 13.8. The van der Waals surface area contributed by atoms with Gasteiger partial charge < -0.3 is 4.90 Å². The second kappa shape index (κ2) is 6.86. The molecule has 2 aromatic rings. The monoisotopic (exact) mass is 382 g/mol. The van der Waals surface area contributed by atoms with Gasteiger partial charge in [-0.15, -0.1) is 11.3 Å². The average molecular weight is 382 g/mol. The first kappa shape index (κ1) is 18.0. The van der Waals surface area contributed by atoms with Crippen LogP contribution in [0.4, 0.5) is 4.39 Å². The van der Waals surface area contributed by atoms with Gasteiger partial charge in [-0.25, -0.2) is 12.8 Å². The molecule has 0 unspecified atom stereocenters. The maximum atomic E-state index is 13.8. The summed E-state index contributed by atoms with van der Waals surface area (Å²) in [6, 6.07) is 7.21. The first-order valence-electron chi connectivity index (χ1n) is 7.91. The summed E-state index contributed by atoms with van der Waals surface area (Å²) in [5.41, 5.74) is 0.674. The van der Waals surface area contributed by atoms with Gasteiger partial charge in [0.1, 0.15) is 10.7 Å². The van der Waals surface area contributed by atoms with Gasteiger partial charge in [0.25, 0.3) is 5.91 Å². The highest BCUT2D eigenvalue weighted by molar-refractivity contribution is 7.89. The predicted molar refractivity (Wildman–Crippen MR) is 94.9 cm³/mol. The number of benzene rings is 1. The van der Waals surface area contributed by atoms with Crippen LogP contribution in [0.15, 0.2) is 35.2 Å². The minimum Gasteiger partial charge on any atom is -0.336 e. The molecule has 8 heteroatoms. The van der Waals surface area contributed by atoms with E-state index in [1.807, 2.05) is 19.9 Å². The molecule has 1 aromatic heterocycles. The number of sulfonamides is 1. The van der Waals surface area contributed by atoms with Gasteiger partial charge in [0.15, 0.2) is 0 Å². The number of nitrogens with zero attached hydrogens (tertiary/aromatic N) is 2. The Kier molecular flexibility index (Phi) is 4.95. The fraction of sp³-hybridized carbons (Fsp3) is 0.353. The molecule has 25 heavy (non-hydrogen) atoms. The molecule has 1 aromatic carbocycles. The molecule has 0 N–H and O–H groups in total. The number of aryl methyl sites for hydroxylation is 2. The van der Waals surface area contributed by atoms with E-state index in [-0.39, 0.29) is 23.9 Å². The van der Waals surface area contributed by atoms with Crippen molar-refractivity contribution in [3.8, 4) is 0 Å². The lowest BCUT2D eigenvalue weighted by molar-refractivity contribution is 0.0697. The summed E-state index contributed by atoms with van der Waals surface area (Å²) in [4.78, 5) is 16.0. The van der Waals surface area contributed by atoms with Gasteiger partial charge in [0.05, 0.1) is 5.56 Å². The molecule has 1 fully saturated rings. The number of halogens is 1. The van der Waals surface area contributed by atoms with Crippen molar-refractivity contribution in [2.24, 2.45) is 0 Å². The van der Waals surface area contributed by atoms with Gasteiger partial charge in [-0.05, 0) is 32.0 Å². The van der Waals surface area contributed by atoms with Crippen LogP contribution in [-0.2, 0) is 10.0 Å². The molecule has 0 bridgehead atoms. The summed E-state index contributed by atoms with van der Waals surface area (Å²) in [5.74, 6) is -0.838. The Bertz CT molecular complexity index is 900. The SMILES string of the molecule is Cc1cc(C(=O)N2CCN(S(=O)(=O)c3ccccc3F)CC2)c(C)s1. The van der Waals surface area contributed by atoms with Crippen LogP contribution in [0.5, 0.6) is 0 Å². The van der Waals surface area contributed by atoms with Crippen LogP contribution in [-0.4, -0.2) is 49.7 Å². The number of amides is 1. The Morgan fingerprint density at radius 3 is 2.32 bits per heavy atom. The number of carbonyl (C=O) groups excluding carboxylic acids is 1. The Hall–Kier alpha value is -1.77. The predicted octanol–water partition coefficient (Wildman–Crippen LogP) is 2.65. The van der Waals surface area contributed by atoms with E-state index in [0.717, 1.165) is 15.8 Å². The van der Waals surface area contributed by atoms with E-state index in [1.54, 1.807) is 16.2 Å². The summed E-state index contributed by atoms with van der Waals surface area (Å²) in [6.45, 7) is 4.76. The molecule has 1 amide bonds. The highest BCUT2D eigenvalue weighted by Gasteiger charge is 2.32. The molecule has 5 nitrogen and oxygen atoms in total. The molecule has 1 saturated heterocycles. The second-order valence-corrected chi connectivity index (χ2v) is 9.32. The van der Waals surface area contributed by atoms with E-state index < -0.39 is 15.8 Å². The molecular weight excluding hydrogens is 363 g/mol. The number of carbonyl (C=O) groups is 1. The third-order valence-electron chi connectivity index (χ3n) is 4.25. The maximum Gasteiger partial charge on any atom is 0.255 e. The molecule has 3 rings (SSSR count). The van der Waals surface area contributed by atoms with Crippen molar-refractivity contribution in [3.63, 3.8) is 0 Å². The Balaban J connectivity index is 1.73. The molecule has 0 spiro atoms. The fourth-order valence-corrected chi connectivity index (χ4v) is 5.34. The summed E-state index contributed by atoms with van der Waals surface area (Å²) in [5, 5.41) is 0. The highest BCUT2D eigenvalue weighted by atomic mass is 32.2. The van der Waals surface area contributed by atoms with Gasteiger partial charge in [-0.2, -0.15) is 4.31 Å². The van der Waals surface area contributed by atoms with Crippen LogP contribution in [0, 0.1) is 19.7 Å². The Morgan fingerprint density at radius 2 is 1.76 bits per heavy atom. The zero-order valence-corrected chi connectivity index (χ0v) is 15.7. The van der Waals surface area contributed by atoms with E-state index in [2.05, 4.69) is 0 Å². The number of rotatable bonds is 3. The molecule has 0 aliphatic carbocycles. The van der Waals surface area contributed by atoms with Crippen molar-refractivity contribution in [1.29, 1.82) is 0 Å². The third kappa shape index (κ3) is 3.47. The molecule has 1 aliphatic heterocycles. The number of piperazine rings is 1. The van der Waals surface area contributed by atoms with Crippen molar-refractivity contribution < 1.29 is 17.6 Å². The minimum atomic E-state index is -3.89. The van der Waals surface area contributed by atoms with Gasteiger partial charge in [0.2, 0.25) is 10.0 Å². The first-order valence-corrected chi connectivity index (χ1v) is 10.2. The largest absolute Gasteiger partial charge is 0.336 e. The molecule has 0 radical (unpaired) electrons. The smallest absolute Gasteiger partial charge is 0.255 e. The van der Waals surface area contributed by atoms with Crippen LogP contribution in [0.1, 0.15) is 20.1 Å². The van der Waals surface area contributed by atoms with E-state index >= 15 is 0 Å². The van der Waals surface area contributed by atoms with Gasteiger partial charge in [0, 0.05) is 35.9 Å². The zero-order chi connectivity index (χ0) is 18.2. The van der Waals surface area contributed by atoms with Crippen LogP contribution in [0.3, 0.4) is 0 Å². The van der Waals surface area contributed by atoms with Crippen LogP contribution in [0.25, 0.3) is 0 Å². The Morgan fingerprint density at radius 1 is 1.12 bits per heavy atom. The zero-order valence-electron chi connectivity index (χ0n) is 14.0. The third-order valence-corrected chi connectivity index (χ3v) is 7.15. The number of thiophene rings is 1.